The Hall–Kier alpha value is -2.61. The average molecular weight is 467 g/mol. The lowest BCUT2D eigenvalue weighted by Gasteiger charge is -2.34. The van der Waals surface area contributed by atoms with Gasteiger partial charge in [-0.3, -0.25) is 9.59 Å². The highest BCUT2D eigenvalue weighted by Gasteiger charge is 2.31. The number of nitrogens with zero attached hydrogens (tertiary/aromatic N) is 2. The summed E-state index contributed by atoms with van der Waals surface area (Å²) in [5.74, 6) is -0.481. The molecule has 0 spiro atoms. The molecule has 8 heteroatoms. The summed E-state index contributed by atoms with van der Waals surface area (Å²) in [7, 11) is 0. The highest BCUT2D eigenvalue weighted by molar-refractivity contribution is 9.10. The van der Waals surface area contributed by atoms with Crippen LogP contribution in [0.25, 0.3) is 6.08 Å². The standard InChI is InChI=1S/C21H18BrF3N2O2/c22-18-8-1-15(2-9-18)3-10-19(28)26-11-13-27(14-12-26)20(29)16-4-6-17(7-5-16)21(23,24)25/h1-10H,11-14H2/b10-3+. The molecule has 1 aliphatic rings. The van der Waals surface area contributed by atoms with E-state index < -0.39 is 11.7 Å². The van der Waals surface area contributed by atoms with Gasteiger partial charge in [-0.05, 0) is 48.0 Å². The van der Waals surface area contributed by atoms with Crippen LogP contribution in [0.15, 0.2) is 59.1 Å². The molecule has 152 valence electrons. The second-order valence-electron chi connectivity index (χ2n) is 6.58. The summed E-state index contributed by atoms with van der Waals surface area (Å²) >= 11 is 3.35. The smallest absolute Gasteiger partial charge is 0.336 e. The van der Waals surface area contributed by atoms with E-state index in [-0.39, 0.29) is 17.4 Å². The number of hydrogen-bond donors (Lipinski definition) is 0. The fourth-order valence-electron chi connectivity index (χ4n) is 2.96. The van der Waals surface area contributed by atoms with Crippen molar-refractivity contribution >= 4 is 33.8 Å². The van der Waals surface area contributed by atoms with Gasteiger partial charge in [-0.15, -0.1) is 0 Å². The largest absolute Gasteiger partial charge is 0.416 e. The summed E-state index contributed by atoms with van der Waals surface area (Å²) in [6, 6.07) is 11.7. The monoisotopic (exact) mass is 466 g/mol. The van der Waals surface area contributed by atoms with Crippen LogP contribution in [0.2, 0.25) is 0 Å². The Kier molecular flexibility index (Phi) is 6.42. The van der Waals surface area contributed by atoms with Gasteiger partial charge in [-0.1, -0.05) is 28.1 Å². The van der Waals surface area contributed by atoms with Crippen molar-refractivity contribution in [1.29, 1.82) is 0 Å². The normalized spacial score (nSPS) is 15.0. The van der Waals surface area contributed by atoms with E-state index in [1.807, 2.05) is 24.3 Å². The van der Waals surface area contributed by atoms with Crippen LogP contribution in [0, 0.1) is 0 Å². The molecule has 0 radical (unpaired) electrons. The molecule has 0 unspecified atom stereocenters. The van der Waals surface area contributed by atoms with Crippen molar-refractivity contribution in [3.8, 4) is 0 Å². The Balaban J connectivity index is 1.55. The summed E-state index contributed by atoms with van der Waals surface area (Å²) in [4.78, 5) is 28.0. The molecule has 0 atom stereocenters. The second-order valence-corrected chi connectivity index (χ2v) is 7.49. The zero-order chi connectivity index (χ0) is 21.0. The zero-order valence-corrected chi connectivity index (χ0v) is 16.9. The third-order valence-corrected chi connectivity index (χ3v) is 5.15. The van der Waals surface area contributed by atoms with Crippen molar-refractivity contribution in [2.24, 2.45) is 0 Å². The van der Waals surface area contributed by atoms with E-state index in [1.165, 1.54) is 18.2 Å². The molecule has 2 aromatic carbocycles. The van der Waals surface area contributed by atoms with E-state index in [9.17, 15) is 22.8 Å². The third-order valence-electron chi connectivity index (χ3n) is 4.63. The predicted octanol–water partition coefficient (Wildman–Crippen LogP) is 4.47. The first-order valence-corrected chi connectivity index (χ1v) is 9.72. The van der Waals surface area contributed by atoms with Crippen LogP contribution in [0.4, 0.5) is 13.2 Å². The summed E-state index contributed by atoms with van der Waals surface area (Å²) < 4.78 is 38.9. The van der Waals surface area contributed by atoms with Crippen LogP contribution in [-0.2, 0) is 11.0 Å². The molecular weight excluding hydrogens is 449 g/mol. The molecule has 1 saturated heterocycles. The van der Waals surface area contributed by atoms with E-state index in [4.69, 9.17) is 0 Å². The minimum Gasteiger partial charge on any atom is -0.336 e. The molecule has 0 aromatic heterocycles. The van der Waals surface area contributed by atoms with Gasteiger partial charge in [0.25, 0.3) is 5.91 Å². The van der Waals surface area contributed by atoms with Gasteiger partial charge in [0.2, 0.25) is 5.91 Å². The zero-order valence-electron chi connectivity index (χ0n) is 15.3. The summed E-state index contributed by atoms with van der Waals surface area (Å²) in [5.41, 5.74) is 0.313. The third kappa shape index (κ3) is 5.47. The van der Waals surface area contributed by atoms with E-state index in [2.05, 4.69) is 15.9 Å². The number of rotatable bonds is 3. The van der Waals surface area contributed by atoms with Crippen LogP contribution >= 0.6 is 15.9 Å². The summed E-state index contributed by atoms with van der Waals surface area (Å²) in [6.07, 6.45) is -1.21. The lowest BCUT2D eigenvalue weighted by Crippen LogP contribution is -2.50. The number of benzene rings is 2. The van der Waals surface area contributed by atoms with Gasteiger partial charge in [0.15, 0.2) is 0 Å². The Morgan fingerprint density at radius 3 is 1.97 bits per heavy atom. The molecule has 0 bridgehead atoms. The number of carbonyl (C=O) groups excluding carboxylic acids is 2. The van der Waals surface area contributed by atoms with Crippen molar-refractivity contribution in [3.05, 3.63) is 75.8 Å². The maximum atomic E-state index is 12.6. The van der Waals surface area contributed by atoms with Crippen molar-refractivity contribution in [2.75, 3.05) is 26.2 Å². The van der Waals surface area contributed by atoms with E-state index in [0.29, 0.717) is 26.2 Å². The number of hydrogen-bond acceptors (Lipinski definition) is 2. The van der Waals surface area contributed by atoms with Crippen LogP contribution < -0.4 is 0 Å². The molecule has 2 aromatic rings. The average Bonchev–Trinajstić information content (AvgIpc) is 2.72. The lowest BCUT2D eigenvalue weighted by atomic mass is 10.1. The molecule has 1 heterocycles. The molecule has 4 nitrogen and oxygen atoms in total. The minimum absolute atomic E-state index is 0.144. The van der Waals surface area contributed by atoms with Crippen molar-refractivity contribution in [3.63, 3.8) is 0 Å². The first-order valence-electron chi connectivity index (χ1n) is 8.93. The van der Waals surface area contributed by atoms with Crippen LogP contribution in [0.3, 0.4) is 0 Å². The summed E-state index contributed by atoms with van der Waals surface area (Å²) in [6.45, 7) is 1.40. The number of alkyl halides is 3. The SMILES string of the molecule is O=C(/C=C/c1ccc(Br)cc1)N1CCN(C(=O)c2ccc(C(F)(F)F)cc2)CC1. The first-order chi connectivity index (χ1) is 13.7. The lowest BCUT2D eigenvalue weighted by molar-refractivity contribution is -0.137. The Labute approximate surface area is 174 Å². The van der Waals surface area contributed by atoms with Gasteiger partial charge in [0.1, 0.15) is 0 Å². The molecule has 0 saturated carbocycles. The van der Waals surface area contributed by atoms with Crippen molar-refractivity contribution < 1.29 is 22.8 Å². The molecule has 2 amide bonds. The van der Waals surface area contributed by atoms with E-state index in [1.54, 1.807) is 15.9 Å². The number of amides is 2. The second kappa shape index (κ2) is 8.82. The molecule has 3 rings (SSSR count). The highest BCUT2D eigenvalue weighted by Crippen LogP contribution is 2.29. The Bertz CT molecular complexity index is 901. The van der Waals surface area contributed by atoms with Gasteiger partial charge in [0, 0.05) is 42.3 Å². The van der Waals surface area contributed by atoms with Crippen LogP contribution in [0.1, 0.15) is 21.5 Å². The number of carbonyl (C=O) groups is 2. The molecule has 0 aliphatic carbocycles. The van der Waals surface area contributed by atoms with Gasteiger partial charge < -0.3 is 9.80 Å². The molecule has 1 fully saturated rings. The number of piperazine rings is 1. The van der Waals surface area contributed by atoms with Crippen molar-refractivity contribution in [2.45, 2.75) is 6.18 Å². The highest BCUT2D eigenvalue weighted by atomic mass is 79.9. The van der Waals surface area contributed by atoms with Crippen LogP contribution in [0.5, 0.6) is 0 Å². The topological polar surface area (TPSA) is 40.6 Å². The molecule has 1 aliphatic heterocycles. The minimum atomic E-state index is -4.43. The Morgan fingerprint density at radius 2 is 1.41 bits per heavy atom. The maximum absolute atomic E-state index is 12.6. The van der Waals surface area contributed by atoms with E-state index >= 15 is 0 Å². The molecular formula is C21H18BrF3N2O2. The molecule has 29 heavy (non-hydrogen) atoms. The van der Waals surface area contributed by atoms with Crippen LogP contribution in [-0.4, -0.2) is 47.8 Å². The molecule has 0 N–H and O–H groups in total. The number of halogens is 4. The van der Waals surface area contributed by atoms with E-state index in [0.717, 1.165) is 22.2 Å². The quantitative estimate of drug-likeness (QED) is 0.626. The Morgan fingerprint density at radius 1 is 0.862 bits per heavy atom. The predicted molar refractivity (Wildman–Crippen MR) is 107 cm³/mol. The first kappa shape index (κ1) is 21.1. The maximum Gasteiger partial charge on any atom is 0.416 e. The summed E-state index contributed by atoms with van der Waals surface area (Å²) in [5, 5.41) is 0. The van der Waals surface area contributed by atoms with Gasteiger partial charge in [-0.2, -0.15) is 13.2 Å². The van der Waals surface area contributed by atoms with Gasteiger partial charge in [0.05, 0.1) is 5.56 Å². The van der Waals surface area contributed by atoms with Gasteiger partial charge >= 0.3 is 6.18 Å². The van der Waals surface area contributed by atoms with Gasteiger partial charge in [-0.25, -0.2) is 0 Å². The fourth-order valence-corrected chi connectivity index (χ4v) is 3.23. The van der Waals surface area contributed by atoms with Crippen molar-refractivity contribution in [1.82, 2.24) is 9.80 Å². The fraction of sp³-hybridized carbons (Fsp3) is 0.238.